The Hall–Kier alpha value is -1.09. The Kier molecular flexibility index (Phi) is 3.15. The van der Waals surface area contributed by atoms with Crippen LogP contribution in [0, 0.1) is 0 Å². The summed E-state index contributed by atoms with van der Waals surface area (Å²) in [5, 5.41) is 10.9. The smallest absolute Gasteiger partial charge is 0.137 e. The van der Waals surface area contributed by atoms with E-state index >= 15 is 0 Å². The normalized spacial score (nSPS) is 12.9. The SMILES string of the molecule is CCC(C)c1nc2c(Br)cccc2cc1O. The molecule has 0 radical (unpaired) electrons. The number of benzene rings is 1. The lowest BCUT2D eigenvalue weighted by atomic mass is 10.0. The average molecular weight is 280 g/mol. The summed E-state index contributed by atoms with van der Waals surface area (Å²) < 4.78 is 0.967. The van der Waals surface area contributed by atoms with Crippen molar-refractivity contribution in [1.29, 1.82) is 0 Å². The maximum Gasteiger partial charge on any atom is 0.137 e. The van der Waals surface area contributed by atoms with Crippen LogP contribution in [-0.4, -0.2) is 10.1 Å². The molecular formula is C13H14BrNO. The van der Waals surface area contributed by atoms with E-state index in [0.29, 0.717) is 5.75 Å². The molecule has 2 nitrogen and oxygen atoms in total. The van der Waals surface area contributed by atoms with Crippen molar-refractivity contribution in [3.05, 3.63) is 34.4 Å². The van der Waals surface area contributed by atoms with Crippen LogP contribution in [0.5, 0.6) is 5.75 Å². The van der Waals surface area contributed by atoms with Crippen molar-refractivity contribution in [2.45, 2.75) is 26.2 Å². The van der Waals surface area contributed by atoms with Gasteiger partial charge >= 0.3 is 0 Å². The van der Waals surface area contributed by atoms with Crippen LogP contribution < -0.4 is 0 Å². The summed E-state index contributed by atoms with van der Waals surface area (Å²) in [6, 6.07) is 7.64. The van der Waals surface area contributed by atoms with E-state index in [0.717, 1.165) is 27.5 Å². The first kappa shape index (κ1) is 11.4. The summed E-state index contributed by atoms with van der Waals surface area (Å²) in [7, 11) is 0. The molecule has 1 heterocycles. The fraction of sp³-hybridized carbons (Fsp3) is 0.308. The van der Waals surface area contributed by atoms with Gasteiger partial charge in [-0.05, 0) is 34.5 Å². The zero-order valence-electron chi connectivity index (χ0n) is 9.37. The first-order chi connectivity index (χ1) is 7.63. The topological polar surface area (TPSA) is 33.1 Å². The second kappa shape index (κ2) is 4.42. The number of pyridine rings is 1. The molecule has 84 valence electrons. The quantitative estimate of drug-likeness (QED) is 0.893. The van der Waals surface area contributed by atoms with Gasteiger partial charge in [-0.3, -0.25) is 0 Å². The zero-order chi connectivity index (χ0) is 11.7. The maximum absolute atomic E-state index is 9.92. The summed E-state index contributed by atoms with van der Waals surface area (Å²) >= 11 is 3.48. The molecule has 0 aliphatic rings. The van der Waals surface area contributed by atoms with E-state index < -0.39 is 0 Å². The predicted molar refractivity (Wildman–Crippen MR) is 69.8 cm³/mol. The van der Waals surface area contributed by atoms with Crippen molar-refractivity contribution in [2.75, 3.05) is 0 Å². The molecule has 1 aromatic heterocycles. The van der Waals surface area contributed by atoms with E-state index in [2.05, 4.69) is 34.8 Å². The lowest BCUT2D eigenvalue weighted by Gasteiger charge is -2.11. The number of rotatable bonds is 2. The van der Waals surface area contributed by atoms with Gasteiger partial charge in [-0.15, -0.1) is 0 Å². The van der Waals surface area contributed by atoms with Crippen LogP contribution in [0.4, 0.5) is 0 Å². The van der Waals surface area contributed by atoms with Crippen LogP contribution in [0.25, 0.3) is 10.9 Å². The van der Waals surface area contributed by atoms with Crippen LogP contribution >= 0.6 is 15.9 Å². The molecule has 1 unspecified atom stereocenters. The van der Waals surface area contributed by atoms with Gasteiger partial charge in [0.15, 0.2) is 0 Å². The Morgan fingerprint density at radius 3 is 2.88 bits per heavy atom. The van der Waals surface area contributed by atoms with Crippen LogP contribution in [0.1, 0.15) is 31.9 Å². The minimum Gasteiger partial charge on any atom is -0.506 e. The van der Waals surface area contributed by atoms with Crippen molar-refractivity contribution >= 4 is 26.8 Å². The number of aromatic nitrogens is 1. The Labute approximate surface area is 103 Å². The number of aromatic hydroxyl groups is 1. The molecule has 2 aromatic rings. The first-order valence-electron chi connectivity index (χ1n) is 5.41. The fourth-order valence-corrected chi connectivity index (χ4v) is 2.19. The van der Waals surface area contributed by atoms with E-state index in [1.165, 1.54) is 0 Å². The van der Waals surface area contributed by atoms with Gasteiger partial charge in [0.2, 0.25) is 0 Å². The van der Waals surface area contributed by atoms with Crippen LogP contribution in [0.2, 0.25) is 0 Å². The van der Waals surface area contributed by atoms with E-state index in [1.807, 2.05) is 18.2 Å². The van der Waals surface area contributed by atoms with Crippen molar-refractivity contribution in [3.8, 4) is 5.75 Å². The fourth-order valence-electron chi connectivity index (χ4n) is 1.72. The molecule has 0 amide bonds. The Balaban J connectivity index is 2.69. The molecular weight excluding hydrogens is 266 g/mol. The zero-order valence-corrected chi connectivity index (χ0v) is 11.0. The molecule has 3 heteroatoms. The molecule has 0 fully saturated rings. The van der Waals surface area contributed by atoms with Crippen molar-refractivity contribution < 1.29 is 5.11 Å². The molecule has 0 saturated carbocycles. The molecule has 1 N–H and O–H groups in total. The third-order valence-corrected chi connectivity index (χ3v) is 3.52. The van der Waals surface area contributed by atoms with Crippen molar-refractivity contribution in [3.63, 3.8) is 0 Å². The number of fused-ring (bicyclic) bond motifs is 1. The number of nitrogens with zero attached hydrogens (tertiary/aromatic N) is 1. The van der Waals surface area contributed by atoms with Gasteiger partial charge in [-0.25, -0.2) is 4.98 Å². The van der Waals surface area contributed by atoms with E-state index in [4.69, 9.17) is 0 Å². The van der Waals surface area contributed by atoms with Gasteiger partial charge in [0.05, 0.1) is 11.2 Å². The third-order valence-electron chi connectivity index (χ3n) is 2.88. The third kappa shape index (κ3) is 1.92. The van der Waals surface area contributed by atoms with Crippen molar-refractivity contribution in [2.24, 2.45) is 0 Å². The van der Waals surface area contributed by atoms with Gasteiger partial charge in [0.1, 0.15) is 5.75 Å². The molecule has 16 heavy (non-hydrogen) atoms. The monoisotopic (exact) mass is 279 g/mol. The van der Waals surface area contributed by atoms with Gasteiger partial charge in [-0.2, -0.15) is 0 Å². The minimum atomic E-state index is 0.275. The van der Waals surface area contributed by atoms with E-state index in [-0.39, 0.29) is 5.92 Å². The summed E-state index contributed by atoms with van der Waals surface area (Å²) in [5.41, 5.74) is 1.69. The highest BCUT2D eigenvalue weighted by molar-refractivity contribution is 9.10. The van der Waals surface area contributed by atoms with Gasteiger partial charge in [0, 0.05) is 15.8 Å². The van der Waals surface area contributed by atoms with Crippen LogP contribution in [0.3, 0.4) is 0 Å². The van der Waals surface area contributed by atoms with Gasteiger partial charge in [-0.1, -0.05) is 26.0 Å². The molecule has 1 aromatic carbocycles. The minimum absolute atomic E-state index is 0.275. The summed E-state index contributed by atoms with van der Waals surface area (Å²) in [5.74, 6) is 0.566. The summed E-state index contributed by atoms with van der Waals surface area (Å²) in [6.07, 6.45) is 0.969. The molecule has 0 aliphatic heterocycles. The molecule has 0 spiro atoms. The number of para-hydroxylation sites is 1. The van der Waals surface area contributed by atoms with Crippen LogP contribution in [-0.2, 0) is 0 Å². The second-order valence-electron chi connectivity index (χ2n) is 4.01. The number of hydrogen-bond donors (Lipinski definition) is 1. The molecule has 1 atom stereocenters. The molecule has 0 saturated heterocycles. The lowest BCUT2D eigenvalue weighted by molar-refractivity contribution is 0.458. The number of halogens is 1. The number of hydrogen-bond acceptors (Lipinski definition) is 2. The standard InChI is InChI=1S/C13H14BrNO/c1-3-8(2)12-11(16)7-9-5-4-6-10(14)13(9)15-12/h4-8,16H,3H2,1-2H3. The Morgan fingerprint density at radius 1 is 1.44 bits per heavy atom. The van der Waals surface area contributed by atoms with Crippen molar-refractivity contribution in [1.82, 2.24) is 4.98 Å². The molecule has 0 bridgehead atoms. The molecule has 2 rings (SSSR count). The largest absolute Gasteiger partial charge is 0.506 e. The summed E-state index contributed by atoms with van der Waals surface area (Å²) in [4.78, 5) is 4.55. The van der Waals surface area contributed by atoms with E-state index in [9.17, 15) is 5.11 Å². The maximum atomic E-state index is 9.92. The summed E-state index contributed by atoms with van der Waals surface area (Å²) in [6.45, 7) is 4.17. The lowest BCUT2D eigenvalue weighted by Crippen LogP contribution is -1.97. The Morgan fingerprint density at radius 2 is 2.19 bits per heavy atom. The highest BCUT2D eigenvalue weighted by atomic mass is 79.9. The van der Waals surface area contributed by atoms with Gasteiger partial charge in [0.25, 0.3) is 0 Å². The highest BCUT2D eigenvalue weighted by Crippen LogP contribution is 2.31. The first-order valence-corrected chi connectivity index (χ1v) is 6.21. The predicted octanol–water partition coefficient (Wildman–Crippen LogP) is 4.22. The van der Waals surface area contributed by atoms with E-state index in [1.54, 1.807) is 6.07 Å². The molecule has 0 aliphatic carbocycles. The second-order valence-corrected chi connectivity index (χ2v) is 4.87. The Bertz CT molecular complexity index is 525. The average Bonchev–Trinajstić information content (AvgIpc) is 2.28. The highest BCUT2D eigenvalue weighted by Gasteiger charge is 2.12. The van der Waals surface area contributed by atoms with Gasteiger partial charge < -0.3 is 5.11 Å². The van der Waals surface area contributed by atoms with Crippen LogP contribution in [0.15, 0.2) is 28.7 Å².